The molecule has 1 aromatic carbocycles. The van der Waals surface area contributed by atoms with Crippen LogP contribution in [0.5, 0.6) is 0 Å². The largest absolute Gasteiger partial charge is 0.399 e. The Balaban J connectivity index is 2.03. The summed E-state index contributed by atoms with van der Waals surface area (Å²) in [6.45, 7) is 0. The predicted octanol–water partition coefficient (Wildman–Crippen LogP) is 2.61. The fourth-order valence-electron chi connectivity index (χ4n) is 1.56. The zero-order valence-corrected chi connectivity index (χ0v) is 11.1. The lowest BCUT2D eigenvalue weighted by Crippen LogP contribution is -2.14. The molecule has 0 saturated heterocycles. The van der Waals surface area contributed by atoms with Crippen molar-refractivity contribution in [2.75, 3.05) is 11.1 Å². The van der Waals surface area contributed by atoms with E-state index in [2.05, 4.69) is 26.2 Å². The minimum absolute atomic E-state index is 0.0903. The van der Waals surface area contributed by atoms with Gasteiger partial charge in [-0.25, -0.2) is 0 Å². The monoisotopic (exact) mass is 305 g/mol. The van der Waals surface area contributed by atoms with Crippen molar-refractivity contribution in [3.63, 3.8) is 0 Å². The first-order valence-corrected chi connectivity index (χ1v) is 6.18. The number of carbonyl (C=O) groups excluding carboxylic acids is 1. The Morgan fingerprint density at radius 1 is 1.39 bits per heavy atom. The molecule has 1 amide bonds. The quantitative estimate of drug-likeness (QED) is 0.857. The molecule has 0 aliphatic rings. The fraction of sp³-hybridized carbons (Fsp3) is 0.0769. The molecule has 18 heavy (non-hydrogen) atoms. The van der Waals surface area contributed by atoms with E-state index in [4.69, 9.17) is 5.73 Å². The SMILES string of the molecule is Nc1cccc(CC(=O)Nc2ccncc2Br)c1. The van der Waals surface area contributed by atoms with Crippen LogP contribution in [0, 0.1) is 0 Å². The third-order valence-electron chi connectivity index (χ3n) is 2.36. The first-order chi connectivity index (χ1) is 8.65. The number of amides is 1. The fourth-order valence-corrected chi connectivity index (χ4v) is 1.91. The highest BCUT2D eigenvalue weighted by atomic mass is 79.9. The van der Waals surface area contributed by atoms with Crippen molar-refractivity contribution >= 4 is 33.2 Å². The highest BCUT2D eigenvalue weighted by molar-refractivity contribution is 9.10. The van der Waals surface area contributed by atoms with E-state index in [1.807, 2.05) is 12.1 Å². The summed E-state index contributed by atoms with van der Waals surface area (Å²) in [4.78, 5) is 15.8. The van der Waals surface area contributed by atoms with E-state index in [-0.39, 0.29) is 5.91 Å². The van der Waals surface area contributed by atoms with Gasteiger partial charge in [-0.2, -0.15) is 0 Å². The number of nitrogens with one attached hydrogen (secondary N) is 1. The van der Waals surface area contributed by atoms with Gasteiger partial charge in [-0.05, 0) is 39.7 Å². The lowest BCUT2D eigenvalue weighted by Gasteiger charge is -2.07. The summed E-state index contributed by atoms with van der Waals surface area (Å²) in [5.41, 5.74) is 7.92. The summed E-state index contributed by atoms with van der Waals surface area (Å²) in [6.07, 6.45) is 3.55. The van der Waals surface area contributed by atoms with E-state index in [9.17, 15) is 4.79 Å². The third kappa shape index (κ3) is 3.30. The van der Waals surface area contributed by atoms with E-state index < -0.39 is 0 Å². The van der Waals surface area contributed by atoms with Crippen LogP contribution in [0.3, 0.4) is 0 Å². The van der Waals surface area contributed by atoms with Crippen molar-refractivity contribution in [1.82, 2.24) is 4.98 Å². The second-order valence-corrected chi connectivity index (χ2v) is 4.68. The molecule has 0 aliphatic carbocycles. The molecule has 0 aliphatic heterocycles. The lowest BCUT2D eigenvalue weighted by atomic mass is 10.1. The molecule has 0 unspecified atom stereocenters. The number of nitrogens with two attached hydrogens (primary N) is 1. The summed E-state index contributed by atoms with van der Waals surface area (Å²) in [5, 5.41) is 2.81. The standard InChI is InChI=1S/C13H12BrN3O/c14-11-8-16-5-4-12(11)17-13(18)7-9-2-1-3-10(15)6-9/h1-6,8H,7,15H2,(H,16,17,18). The van der Waals surface area contributed by atoms with Crippen LogP contribution in [-0.4, -0.2) is 10.9 Å². The first-order valence-electron chi connectivity index (χ1n) is 5.39. The van der Waals surface area contributed by atoms with Gasteiger partial charge in [-0.15, -0.1) is 0 Å². The van der Waals surface area contributed by atoms with Crippen LogP contribution in [-0.2, 0) is 11.2 Å². The van der Waals surface area contributed by atoms with Crippen molar-refractivity contribution in [2.24, 2.45) is 0 Å². The number of anilines is 2. The van der Waals surface area contributed by atoms with Gasteiger partial charge in [-0.1, -0.05) is 12.1 Å². The number of nitrogen functional groups attached to an aromatic ring is 1. The van der Waals surface area contributed by atoms with Crippen molar-refractivity contribution < 1.29 is 4.79 Å². The van der Waals surface area contributed by atoms with E-state index in [1.165, 1.54) is 0 Å². The van der Waals surface area contributed by atoms with Crippen molar-refractivity contribution in [1.29, 1.82) is 0 Å². The molecular formula is C13H12BrN3O. The number of hydrogen-bond donors (Lipinski definition) is 2. The van der Waals surface area contributed by atoms with Crippen LogP contribution in [0.25, 0.3) is 0 Å². The summed E-state index contributed by atoms with van der Waals surface area (Å²) < 4.78 is 0.755. The molecule has 0 radical (unpaired) electrons. The minimum Gasteiger partial charge on any atom is -0.399 e. The van der Waals surface area contributed by atoms with Crippen LogP contribution in [0.1, 0.15) is 5.56 Å². The molecule has 0 spiro atoms. The Bertz CT molecular complexity index is 572. The first kappa shape index (κ1) is 12.6. The average molecular weight is 306 g/mol. The van der Waals surface area contributed by atoms with Gasteiger partial charge in [0.1, 0.15) is 0 Å². The van der Waals surface area contributed by atoms with Crippen LogP contribution in [0.15, 0.2) is 47.2 Å². The number of hydrogen-bond acceptors (Lipinski definition) is 3. The maximum atomic E-state index is 11.9. The van der Waals surface area contributed by atoms with Crippen molar-refractivity contribution in [2.45, 2.75) is 6.42 Å². The third-order valence-corrected chi connectivity index (χ3v) is 2.99. The summed E-state index contributed by atoms with van der Waals surface area (Å²) in [7, 11) is 0. The van der Waals surface area contributed by atoms with Gasteiger partial charge in [0.2, 0.25) is 5.91 Å². The minimum atomic E-state index is -0.0903. The second-order valence-electron chi connectivity index (χ2n) is 3.83. The number of nitrogens with zero attached hydrogens (tertiary/aromatic N) is 1. The summed E-state index contributed by atoms with van der Waals surface area (Å²) >= 11 is 3.32. The number of benzene rings is 1. The maximum Gasteiger partial charge on any atom is 0.228 e. The Morgan fingerprint density at radius 2 is 2.22 bits per heavy atom. The zero-order valence-electron chi connectivity index (χ0n) is 9.56. The predicted molar refractivity (Wildman–Crippen MR) is 75.1 cm³/mol. The van der Waals surface area contributed by atoms with Crippen molar-refractivity contribution in [3.05, 3.63) is 52.8 Å². The molecule has 2 rings (SSSR count). The van der Waals surface area contributed by atoms with E-state index in [1.54, 1.807) is 30.6 Å². The van der Waals surface area contributed by atoms with Gasteiger partial charge in [-0.3, -0.25) is 9.78 Å². The number of aromatic nitrogens is 1. The molecule has 1 heterocycles. The maximum absolute atomic E-state index is 11.9. The molecule has 3 N–H and O–H groups in total. The van der Waals surface area contributed by atoms with Gasteiger partial charge in [0.15, 0.2) is 0 Å². The molecule has 1 aromatic heterocycles. The van der Waals surface area contributed by atoms with Gasteiger partial charge in [0.05, 0.1) is 16.6 Å². The Labute approximate surface area is 113 Å². The van der Waals surface area contributed by atoms with Gasteiger partial charge in [0.25, 0.3) is 0 Å². The van der Waals surface area contributed by atoms with Crippen LogP contribution < -0.4 is 11.1 Å². The molecule has 0 fully saturated rings. The second kappa shape index (κ2) is 5.64. The van der Waals surface area contributed by atoms with Gasteiger partial charge < -0.3 is 11.1 Å². The van der Waals surface area contributed by atoms with Crippen LogP contribution in [0.4, 0.5) is 11.4 Å². The molecular weight excluding hydrogens is 294 g/mol. The van der Waals surface area contributed by atoms with Crippen LogP contribution >= 0.6 is 15.9 Å². The smallest absolute Gasteiger partial charge is 0.228 e. The molecule has 5 heteroatoms. The molecule has 0 saturated carbocycles. The molecule has 0 atom stereocenters. The summed E-state index contributed by atoms with van der Waals surface area (Å²) in [5.74, 6) is -0.0903. The van der Waals surface area contributed by atoms with Crippen LogP contribution in [0.2, 0.25) is 0 Å². The lowest BCUT2D eigenvalue weighted by molar-refractivity contribution is -0.115. The number of pyridine rings is 1. The summed E-state index contributed by atoms with van der Waals surface area (Å²) in [6, 6.07) is 9.03. The van der Waals surface area contributed by atoms with Gasteiger partial charge in [0, 0.05) is 18.1 Å². The Hall–Kier alpha value is -1.88. The van der Waals surface area contributed by atoms with E-state index >= 15 is 0 Å². The van der Waals surface area contributed by atoms with Crippen molar-refractivity contribution in [3.8, 4) is 0 Å². The molecule has 92 valence electrons. The number of carbonyl (C=O) groups is 1. The topological polar surface area (TPSA) is 68.0 Å². The number of rotatable bonds is 3. The highest BCUT2D eigenvalue weighted by Gasteiger charge is 2.06. The normalized spacial score (nSPS) is 10.1. The molecule has 4 nitrogen and oxygen atoms in total. The van der Waals surface area contributed by atoms with Gasteiger partial charge >= 0.3 is 0 Å². The number of halogens is 1. The van der Waals surface area contributed by atoms with E-state index in [0.29, 0.717) is 17.8 Å². The zero-order chi connectivity index (χ0) is 13.0. The Kier molecular flexibility index (Phi) is 3.94. The molecule has 2 aromatic rings. The highest BCUT2D eigenvalue weighted by Crippen LogP contribution is 2.20. The average Bonchev–Trinajstić information content (AvgIpc) is 2.32. The van der Waals surface area contributed by atoms with E-state index in [0.717, 1.165) is 10.0 Å². The molecule has 0 bridgehead atoms. The Morgan fingerprint density at radius 3 is 2.94 bits per heavy atom.